The van der Waals surface area contributed by atoms with Gasteiger partial charge < -0.3 is 34.5 Å². The largest absolute Gasteiger partial charge is 0.493 e. The molecule has 0 radical (unpaired) electrons. The summed E-state index contributed by atoms with van der Waals surface area (Å²) in [6.45, 7) is 6.14. The van der Waals surface area contributed by atoms with E-state index in [4.69, 9.17) is 9.47 Å². The maximum Gasteiger partial charge on any atom is 0.272 e. The second-order valence-corrected chi connectivity index (χ2v) is 11.4. The van der Waals surface area contributed by atoms with Crippen LogP contribution in [0, 0.1) is 6.92 Å². The number of aliphatic imine (C=N–C) groups is 1. The lowest BCUT2D eigenvalue weighted by molar-refractivity contribution is -0.116. The number of nitrogens with one attached hydrogen (secondary N) is 2. The Labute approximate surface area is 256 Å². The van der Waals surface area contributed by atoms with Gasteiger partial charge in [-0.1, -0.05) is 0 Å². The predicted octanol–water partition coefficient (Wildman–Crippen LogP) is 4.54. The highest BCUT2D eigenvalue weighted by molar-refractivity contribution is 6.05. The molecule has 3 aromatic rings. The summed E-state index contributed by atoms with van der Waals surface area (Å²) in [5.74, 6) is 0.249. The zero-order valence-electron chi connectivity index (χ0n) is 25.2. The fourth-order valence-corrected chi connectivity index (χ4v) is 5.90. The van der Waals surface area contributed by atoms with Gasteiger partial charge in [0.2, 0.25) is 5.91 Å². The van der Waals surface area contributed by atoms with E-state index in [-0.39, 0.29) is 30.2 Å². The summed E-state index contributed by atoms with van der Waals surface area (Å²) in [7, 11) is 1.77. The summed E-state index contributed by atoms with van der Waals surface area (Å²) in [5.41, 5.74) is 4.86. The minimum atomic E-state index is -0.261. The van der Waals surface area contributed by atoms with E-state index < -0.39 is 0 Å². The van der Waals surface area contributed by atoms with Crippen LogP contribution in [-0.4, -0.2) is 78.9 Å². The Morgan fingerprint density at radius 2 is 1.84 bits per heavy atom. The van der Waals surface area contributed by atoms with Gasteiger partial charge in [0.1, 0.15) is 11.4 Å². The van der Waals surface area contributed by atoms with Crippen LogP contribution in [0.4, 0.5) is 22.7 Å². The lowest BCUT2D eigenvalue weighted by Gasteiger charge is -2.28. The van der Waals surface area contributed by atoms with Crippen molar-refractivity contribution in [3.63, 3.8) is 0 Å². The van der Waals surface area contributed by atoms with Gasteiger partial charge in [-0.3, -0.25) is 19.4 Å². The van der Waals surface area contributed by atoms with E-state index in [1.807, 2.05) is 54.4 Å². The molecule has 0 spiro atoms. The van der Waals surface area contributed by atoms with Crippen molar-refractivity contribution in [3.8, 4) is 5.75 Å². The predicted molar refractivity (Wildman–Crippen MR) is 170 cm³/mol. The Morgan fingerprint density at radius 3 is 2.64 bits per heavy atom. The van der Waals surface area contributed by atoms with Gasteiger partial charge in [0, 0.05) is 63.0 Å². The SMILES string of the molecule is Cc1cc2c(cc1OCCCC(=O)Nc1cc(C(=O)Nc3ccc(N4CCOCC4)cc3)n(C)c1)N=C[C@@H]1CCCN1C2=O. The molecule has 0 bridgehead atoms. The van der Waals surface area contributed by atoms with Crippen LogP contribution in [0.15, 0.2) is 53.7 Å². The zero-order valence-corrected chi connectivity index (χ0v) is 25.2. The molecule has 44 heavy (non-hydrogen) atoms. The van der Waals surface area contributed by atoms with Crippen LogP contribution in [0.5, 0.6) is 5.75 Å². The quantitative estimate of drug-likeness (QED) is 0.350. The second kappa shape index (κ2) is 12.9. The normalized spacial score (nSPS) is 17.6. The number of carbonyl (C=O) groups is 3. The number of amides is 3. The Balaban J connectivity index is 0.979. The lowest BCUT2D eigenvalue weighted by atomic mass is 10.1. The van der Waals surface area contributed by atoms with E-state index in [0.717, 1.165) is 43.7 Å². The molecule has 2 fully saturated rings. The highest BCUT2D eigenvalue weighted by Crippen LogP contribution is 2.34. The maximum atomic E-state index is 13.0. The van der Waals surface area contributed by atoms with Crippen LogP contribution in [0.1, 0.15) is 52.1 Å². The summed E-state index contributed by atoms with van der Waals surface area (Å²) >= 11 is 0. The molecule has 3 aliphatic rings. The van der Waals surface area contributed by atoms with E-state index >= 15 is 0 Å². The van der Waals surface area contributed by atoms with E-state index in [1.165, 1.54) is 0 Å². The van der Waals surface area contributed by atoms with Crippen LogP contribution in [-0.2, 0) is 16.6 Å². The average molecular weight is 599 g/mol. The monoisotopic (exact) mass is 598 g/mol. The molecule has 11 nitrogen and oxygen atoms in total. The molecule has 2 N–H and O–H groups in total. The number of fused-ring (bicyclic) bond motifs is 2. The molecule has 1 atom stereocenters. The fraction of sp³-hybridized carbons (Fsp3) is 0.394. The topological polar surface area (TPSA) is 117 Å². The number of ether oxygens (including phenoxy) is 2. The molecule has 1 aromatic heterocycles. The van der Waals surface area contributed by atoms with E-state index in [2.05, 4.69) is 20.5 Å². The number of carbonyl (C=O) groups excluding carboxylic acids is 3. The highest BCUT2D eigenvalue weighted by atomic mass is 16.5. The van der Waals surface area contributed by atoms with Gasteiger partial charge in [-0.15, -0.1) is 0 Å². The number of nitrogens with zero attached hydrogens (tertiary/aromatic N) is 4. The Hall–Kier alpha value is -4.64. The van der Waals surface area contributed by atoms with Crippen molar-refractivity contribution in [2.75, 3.05) is 55.0 Å². The van der Waals surface area contributed by atoms with Gasteiger partial charge in [0.25, 0.3) is 11.8 Å². The number of hydrogen-bond donors (Lipinski definition) is 2. The van der Waals surface area contributed by atoms with Gasteiger partial charge in [-0.25, -0.2) is 0 Å². The highest BCUT2D eigenvalue weighted by Gasteiger charge is 2.32. The third-order valence-electron chi connectivity index (χ3n) is 8.30. The Morgan fingerprint density at radius 1 is 1.05 bits per heavy atom. The average Bonchev–Trinajstić information content (AvgIpc) is 3.62. The third kappa shape index (κ3) is 6.47. The first kappa shape index (κ1) is 29.4. The van der Waals surface area contributed by atoms with Crippen molar-refractivity contribution in [3.05, 3.63) is 65.5 Å². The van der Waals surface area contributed by atoms with Crippen molar-refractivity contribution in [2.45, 2.75) is 38.6 Å². The molecule has 0 saturated carbocycles. The van der Waals surface area contributed by atoms with Crippen molar-refractivity contribution in [1.82, 2.24) is 9.47 Å². The third-order valence-corrected chi connectivity index (χ3v) is 8.30. The first-order valence-electron chi connectivity index (χ1n) is 15.2. The molecule has 230 valence electrons. The van der Waals surface area contributed by atoms with Gasteiger partial charge in [-0.05, 0) is 68.1 Å². The number of aromatic nitrogens is 1. The smallest absolute Gasteiger partial charge is 0.272 e. The molecule has 2 aromatic carbocycles. The second-order valence-electron chi connectivity index (χ2n) is 11.4. The number of benzene rings is 2. The maximum absolute atomic E-state index is 13.0. The Bertz CT molecular complexity index is 1570. The number of anilines is 3. The van der Waals surface area contributed by atoms with Crippen molar-refractivity contribution < 1.29 is 23.9 Å². The molecule has 11 heteroatoms. The van der Waals surface area contributed by atoms with Gasteiger partial charge in [0.15, 0.2) is 0 Å². The van der Waals surface area contributed by atoms with Gasteiger partial charge >= 0.3 is 0 Å². The van der Waals surface area contributed by atoms with E-state index in [0.29, 0.717) is 60.3 Å². The fourth-order valence-electron chi connectivity index (χ4n) is 5.90. The molecule has 3 aliphatic heterocycles. The van der Waals surface area contributed by atoms with Crippen LogP contribution >= 0.6 is 0 Å². The van der Waals surface area contributed by atoms with Gasteiger partial charge in [0.05, 0.1) is 42.8 Å². The van der Waals surface area contributed by atoms with Gasteiger partial charge in [-0.2, -0.15) is 0 Å². The number of rotatable bonds is 9. The van der Waals surface area contributed by atoms with E-state index in [1.54, 1.807) is 23.9 Å². The molecule has 0 aliphatic carbocycles. The molecular weight excluding hydrogens is 560 g/mol. The summed E-state index contributed by atoms with van der Waals surface area (Å²) in [6, 6.07) is 13.2. The number of hydrogen-bond acceptors (Lipinski definition) is 7. The standard InChI is InChI=1S/C33H38N6O5/c1-22-17-27-28(34-20-26-5-3-11-39(26)33(27)42)19-30(22)44-14-4-6-31(40)35-24-18-29(37(2)21-24)32(41)36-23-7-9-25(10-8-23)38-12-15-43-16-13-38/h7-10,17-21,26H,3-6,11-16H2,1-2H3,(H,35,40)(H,36,41)/t26-/m0/s1. The summed E-state index contributed by atoms with van der Waals surface area (Å²) in [6.07, 6.45) is 6.27. The Kier molecular flexibility index (Phi) is 8.65. The van der Waals surface area contributed by atoms with Crippen LogP contribution in [0.25, 0.3) is 0 Å². The van der Waals surface area contributed by atoms with Crippen molar-refractivity contribution in [2.24, 2.45) is 12.0 Å². The molecule has 0 unspecified atom stereocenters. The summed E-state index contributed by atoms with van der Waals surface area (Å²) in [4.78, 5) is 47.3. The zero-order chi connectivity index (χ0) is 30.6. The molecular formula is C33H38N6O5. The summed E-state index contributed by atoms with van der Waals surface area (Å²) < 4.78 is 13.1. The lowest BCUT2D eigenvalue weighted by Crippen LogP contribution is -2.36. The first-order valence-corrected chi connectivity index (χ1v) is 15.2. The van der Waals surface area contributed by atoms with E-state index in [9.17, 15) is 14.4 Å². The van der Waals surface area contributed by atoms with Crippen LogP contribution in [0.3, 0.4) is 0 Å². The minimum Gasteiger partial charge on any atom is -0.493 e. The van der Waals surface area contributed by atoms with Crippen LogP contribution < -0.4 is 20.3 Å². The molecule has 3 amide bonds. The molecule has 6 rings (SSSR count). The minimum absolute atomic E-state index is 0.0195. The van der Waals surface area contributed by atoms with Crippen molar-refractivity contribution >= 4 is 46.7 Å². The van der Waals surface area contributed by atoms with Crippen LogP contribution in [0.2, 0.25) is 0 Å². The van der Waals surface area contributed by atoms with Crippen molar-refractivity contribution in [1.29, 1.82) is 0 Å². The number of aryl methyl sites for hydroxylation is 2. The summed E-state index contributed by atoms with van der Waals surface area (Å²) in [5, 5.41) is 5.81. The molecule has 4 heterocycles. The number of morpholine rings is 1. The first-order chi connectivity index (χ1) is 21.4. The molecule has 2 saturated heterocycles.